The van der Waals surface area contributed by atoms with E-state index in [0.717, 1.165) is 11.8 Å². The molecule has 0 bridgehead atoms. The number of carbonyl (C=O) groups is 2. The molecule has 1 fully saturated rings. The molecule has 0 aliphatic carbocycles. The molecule has 1 aliphatic heterocycles. The van der Waals surface area contributed by atoms with E-state index in [-0.39, 0.29) is 24.0 Å². The van der Waals surface area contributed by atoms with Crippen molar-refractivity contribution in [3.05, 3.63) is 59.4 Å². The summed E-state index contributed by atoms with van der Waals surface area (Å²) < 4.78 is 24.3. The van der Waals surface area contributed by atoms with Crippen LogP contribution in [0.3, 0.4) is 0 Å². The van der Waals surface area contributed by atoms with Gasteiger partial charge in [-0.15, -0.1) is 5.10 Å². The van der Waals surface area contributed by atoms with E-state index in [2.05, 4.69) is 15.5 Å². The van der Waals surface area contributed by atoms with Gasteiger partial charge in [0, 0.05) is 0 Å². The normalized spacial score (nSPS) is 17.3. The summed E-state index contributed by atoms with van der Waals surface area (Å²) >= 11 is 1.02. The average molecular weight is 431 g/mol. The summed E-state index contributed by atoms with van der Waals surface area (Å²) in [4.78, 5) is 22.4. The van der Waals surface area contributed by atoms with E-state index < -0.39 is 17.1 Å². The number of thioether (sulfide) groups is 1. The summed E-state index contributed by atoms with van der Waals surface area (Å²) in [7, 11) is 1.50. The van der Waals surface area contributed by atoms with Crippen LogP contribution in [0.5, 0.6) is 11.5 Å². The Morgan fingerprint density at radius 1 is 1.30 bits per heavy atom. The van der Waals surface area contributed by atoms with Gasteiger partial charge in [0.1, 0.15) is 17.7 Å². The zero-order valence-corrected chi connectivity index (χ0v) is 16.7. The lowest BCUT2D eigenvalue weighted by atomic mass is 10.2. The number of aliphatic carboxylic acids is 1. The molecule has 2 N–H and O–H groups in total. The van der Waals surface area contributed by atoms with Gasteiger partial charge in [-0.25, -0.2) is 4.39 Å². The average Bonchev–Trinajstić information content (AvgIpc) is 3.05. The number of carboxylic acids is 1. The van der Waals surface area contributed by atoms with E-state index in [1.807, 2.05) is 0 Å². The second-order valence-corrected chi connectivity index (χ2v) is 7.36. The molecular formula is C20H18FN3O5S. The van der Waals surface area contributed by atoms with E-state index in [1.165, 1.54) is 25.5 Å². The largest absolute Gasteiger partial charge is 0.493 e. The Labute approximate surface area is 175 Å². The molecule has 1 unspecified atom stereocenters. The van der Waals surface area contributed by atoms with Crippen LogP contribution < -0.4 is 14.8 Å². The first-order chi connectivity index (χ1) is 14.4. The number of carbonyl (C=O) groups excluding carboxylic acids is 1. The number of benzene rings is 2. The fourth-order valence-corrected chi connectivity index (χ4v) is 3.48. The lowest BCUT2D eigenvalue weighted by Gasteiger charge is -2.11. The second-order valence-electron chi connectivity index (χ2n) is 6.17. The van der Waals surface area contributed by atoms with Crippen LogP contribution in [0, 0.1) is 5.82 Å². The van der Waals surface area contributed by atoms with Gasteiger partial charge in [-0.1, -0.05) is 23.9 Å². The van der Waals surface area contributed by atoms with Crippen LogP contribution in [0.2, 0.25) is 0 Å². The molecule has 156 valence electrons. The number of hydrogen-bond acceptors (Lipinski definition) is 7. The molecule has 10 heteroatoms. The smallest absolute Gasteiger partial charge is 0.305 e. The predicted octanol–water partition coefficient (Wildman–Crippen LogP) is 2.81. The molecule has 2 aromatic carbocycles. The van der Waals surface area contributed by atoms with Gasteiger partial charge in [-0.3, -0.25) is 9.59 Å². The number of nitrogens with zero attached hydrogens (tertiary/aromatic N) is 2. The lowest BCUT2D eigenvalue weighted by molar-refractivity contribution is -0.138. The molecule has 30 heavy (non-hydrogen) atoms. The summed E-state index contributed by atoms with van der Waals surface area (Å²) in [5.41, 5.74) is 1.36. The standard InChI is InChI=1S/C20H18FN3O5S/c1-28-16-8-12(5-6-15(16)29-11-13-3-2-4-14(21)7-13)10-22-24-20-23-19(27)17(30-20)9-18(25)26/h2-8,10,17H,9,11H2,1H3,(H,25,26)(H,23,24,27). The van der Waals surface area contributed by atoms with Crippen molar-refractivity contribution < 1.29 is 28.6 Å². The Morgan fingerprint density at radius 3 is 2.87 bits per heavy atom. The Hall–Kier alpha value is -3.40. The highest BCUT2D eigenvalue weighted by molar-refractivity contribution is 8.15. The van der Waals surface area contributed by atoms with Crippen molar-refractivity contribution in [1.82, 2.24) is 5.32 Å². The molecule has 1 saturated heterocycles. The highest BCUT2D eigenvalue weighted by Gasteiger charge is 2.32. The fraction of sp³-hybridized carbons (Fsp3) is 0.200. The van der Waals surface area contributed by atoms with Gasteiger partial charge in [0.05, 0.1) is 19.7 Å². The molecule has 3 rings (SSSR count). The quantitative estimate of drug-likeness (QED) is 0.491. The lowest BCUT2D eigenvalue weighted by Crippen LogP contribution is -2.26. The number of nitrogens with one attached hydrogen (secondary N) is 1. The first kappa shape index (κ1) is 21.3. The number of rotatable bonds is 8. The molecule has 0 aromatic heterocycles. The molecule has 1 aliphatic rings. The highest BCUT2D eigenvalue weighted by atomic mass is 32.2. The summed E-state index contributed by atoms with van der Waals surface area (Å²) in [6, 6.07) is 11.3. The van der Waals surface area contributed by atoms with Crippen molar-refractivity contribution in [1.29, 1.82) is 0 Å². The number of amides is 1. The van der Waals surface area contributed by atoms with E-state index >= 15 is 0 Å². The minimum Gasteiger partial charge on any atom is -0.493 e. The summed E-state index contributed by atoms with van der Waals surface area (Å²) in [5.74, 6) is -0.840. The van der Waals surface area contributed by atoms with Crippen LogP contribution in [0.4, 0.5) is 4.39 Å². The van der Waals surface area contributed by atoms with Crippen molar-refractivity contribution in [2.45, 2.75) is 18.3 Å². The Kier molecular flexibility index (Phi) is 7.02. The van der Waals surface area contributed by atoms with Crippen LogP contribution >= 0.6 is 11.8 Å². The van der Waals surface area contributed by atoms with Gasteiger partial charge in [0.15, 0.2) is 16.7 Å². The molecule has 2 aromatic rings. The van der Waals surface area contributed by atoms with Gasteiger partial charge < -0.3 is 19.9 Å². The number of carboxylic acid groups (broad SMARTS) is 1. The summed E-state index contributed by atoms with van der Waals surface area (Å²) in [6.45, 7) is 0.184. The monoisotopic (exact) mass is 431 g/mol. The first-order valence-electron chi connectivity index (χ1n) is 8.80. The van der Waals surface area contributed by atoms with E-state index in [0.29, 0.717) is 22.6 Å². The molecule has 8 nitrogen and oxygen atoms in total. The Bertz CT molecular complexity index is 1010. The summed E-state index contributed by atoms with van der Waals surface area (Å²) in [5, 5.41) is 18.6. The van der Waals surface area contributed by atoms with Gasteiger partial charge in [0.25, 0.3) is 0 Å². The molecule has 0 spiro atoms. The van der Waals surface area contributed by atoms with E-state index in [4.69, 9.17) is 14.6 Å². The van der Waals surface area contributed by atoms with Gasteiger partial charge in [-0.05, 0) is 41.5 Å². The van der Waals surface area contributed by atoms with Gasteiger partial charge >= 0.3 is 5.97 Å². The number of hydrogen-bond donors (Lipinski definition) is 2. The molecule has 0 radical (unpaired) electrons. The predicted molar refractivity (Wildman–Crippen MR) is 111 cm³/mol. The second kappa shape index (κ2) is 9.88. The minimum atomic E-state index is -1.06. The molecule has 1 amide bonds. The highest BCUT2D eigenvalue weighted by Crippen LogP contribution is 2.28. The van der Waals surface area contributed by atoms with Gasteiger partial charge in [-0.2, -0.15) is 5.10 Å². The third kappa shape index (κ3) is 5.80. The Morgan fingerprint density at radius 2 is 2.13 bits per heavy atom. The van der Waals surface area contributed by atoms with Crippen molar-refractivity contribution in [2.75, 3.05) is 7.11 Å². The van der Waals surface area contributed by atoms with E-state index in [9.17, 15) is 14.0 Å². The molecule has 1 heterocycles. The van der Waals surface area contributed by atoms with Crippen LogP contribution in [0.1, 0.15) is 17.5 Å². The fourth-order valence-electron chi connectivity index (χ4n) is 2.56. The molecule has 0 saturated carbocycles. The van der Waals surface area contributed by atoms with Crippen molar-refractivity contribution in [3.63, 3.8) is 0 Å². The van der Waals surface area contributed by atoms with Crippen LogP contribution in [-0.4, -0.2) is 40.7 Å². The third-order valence-electron chi connectivity index (χ3n) is 3.96. The SMILES string of the molecule is COc1cc(C=NN=C2NC(=O)C(CC(=O)O)S2)ccc1OCc1cccc(F)c1. The number of ether oxygens (including phenoxy) is 2. The number of methoxy groups -OCH3 is 1. The van der Waals surface area contributed by atoms with Crippen LogP contribution in [0.25, 0.3) is 0 Å². The van der Waals surface area contributed by atoms with Crippen molar-refractivity contribution >= 4 is 35.0 Å². The van der Waals surface area contributed by atoms with E-state index in [1.54, 1.807) is 30.3 Å². The number of halogens is 1. The molecule has 1 atom stereocenters. The summed E-state index contributed by atoms with van der Waals surface area (Å²) in [6.07, 6.45) is 1.18. The van der Waals surface area contributed by atoms with Crippen LogP contribution in [0.15, 0.2) is 52.7 Å². The maximum absolute atomic E-state index is 13.3. The Balaban J connectivity index is 1.63. The van der Waals surface area contributed by atoms with Crippen molar-refractivity contribution in [3.8, 4) is 11.5 Å². The number of amidine groups is 1. The van der Waals surface area contributed by atoms with Crippen molar-refractivity contribution in [2.24, 2.45) is 10.2 Å². The third-order valence-corrected chi connectivity index (χ3v) is 5.04. The topological polar surface area (TPSA) is 110 Å². The zero-order chi connectivity index (χ0) is 21.5. The maximum atomic E-state index is 13.3. The maximum Gasteiger partial charge on any atom is 0.305 e. The minimum absolute atomic E-state index is 0.184. The van der Waals surface area contributed by atoms with Crippen LogP contribution in [-0.2, 0) is 16.2 Å². The molecular weight excluding hydrogens is 413 g/mol. The zero-order valence-electron chi connectivity index (χ0n) is 15.9. The van der Waals surface area contributed by atoms with Gasteiger partial charge in [0.2, 0.25) is 5.91 Å². The first-order valence-corrected chi connectivity index (χ1v) is 9.68.